The van der Waals surface area contributed by atoms with Crippen molar-refractivity contribution in [2.75, 3.05) is 0 Å². The number of amides is 1. The summed E-state index contributed by atoms with van der Waals surface area (Å²) in [7, 11) is 1.98. The molecule has 1 aromatic carbocycles. The number of benzene rings is 1. The van der Waals surface area contributed by atoms with Gasteiger partial charge in [-0.2, -0.15) is 5.10 Å². The van der Waals surface area contributed by atoms with Crippen LogP contribution in [0, 0.1) is 0 Å². The lowest BCUT2D eigenvalue weighted by atomic mass is 10.1. The van der Waals surface area contributed by atoms with Gasteiger partial charge in [-0.1, -0.05) is 20.4 Å². The second-order valence-electron chi connectivity index (χ2n) is 5.10. The van der Waals surface area contributed by atoms with Crippen LogP contribution in [-0.4, -0.2) is 25.8 Å². The summed E-state index contributed by atoms with van der Waals surface area (Å²) in [6.07, 6.45) is 5.46. The minimum absolute atomic E-state index is 0.222. The van der Waals surface area contributed by atoms with E-state index in [1.807, 2.05) is 42.1 Å². The molecule has 1 amide bonds. The molecule has 2 aromatic heterocycles. The zero-order valence-electron chi connectivity index (χ0n) is 11.9. The summed E-state index contributed by atoms with van der Waals surface area (Å²) < 4.78 is 6.86. The monoisotopic (exact) mass is 387 g/mol. The predicted octanol–water partition coefficient (Wildman–Crippen LogP) is 2.71. The molecular weight excluding hydrogens is 378 g/mol. The van der Waals surface area contributed by atoms with E-state index in [9.17, 15) is 4.79 Å². The third-order valence-electron chi connectivity index (χ3n) is 3.65. The average molecular weight is 388 g/mol. The summed E-state index contributed by atoms with van der Waals surface area (Å²) in [5.74, 6) is -0.222. The second-order valence-corrected chi connectivity index (χ2v) is 6.80. The molecule has 0 fully saturated rings. The van der Waals surface area contributed by atoms with Crippen molar-refractivity contribution in [2.45, 2.75) is 0 Å². The van der Waals surface area contributed by atoms with Gasteiger partial charge in [0, 0.05) is 34.2 Å². The highest BCUT2D eigenvalue weighted by Gasteiger charge is 2.25. The van der Waals surface area contributed by atoms with E-state index in [1.165, 1.54) is 11.5 Å². The van der Waals surface area contributed by atoms with Crippen LogP contribution >= 0.6 is 27.5 Å². The summed E-state index contributed by atoms with van der Waals surface area (Å²) >= 11 is 4.71. The van der Waals surface area contributed by atoms with E-state index in [1.54, 1.807) is 6.20 Å². The summed E-state index contributed by atoms with van der Waals surface area (Å²) in [6, 6.07) is 6.08. The first kappa shape index (κ1) is 14.3. The van der Waals surface area contributed by atoms with Crippen molar-refractivity contribution in [3.8, 4) is 0 Å². The molecule has 3 heterocycles. The first-order valence-corrected chi connectivity index (χ1v) is 8.32. The molecule has 0 radical (unpaired) electrons. The number of nitrogens with one attached hydrogen (secondary N) is 1. The van der Waals surface area contributed by atoms with Crippen LogP contribution < -0.4 is 5.43 Å². The molecule has 1 aliphatic rings. The minimum Gasteiger partial charge on any atom is -0.350 e. The minimum atomic E-state index is -0.222. The largest absolute Gasteiger partial charge is 0.350 e. The first-order chi connectivity index (χ1) is 11.1. The molecule has 0 spiro atoms. The molecule has 0 unspecified atom stereocenters. The fraction of sp³-hybridized carbons (Fsp3) is 0.0667. The van der Waals surface area contributed by atoms with Gasteiger partial charge in [0.05, 0.1) is 16.6 Å². The molecule has 0 atom stereocenters. The molecular formula is C15H10BrN5OS. The van der Waals surface area contributed by atoms with E-state index in [-0.39, 0.29) is 5.91 Å². The Morgan fingerprint density at radius 1 is 1.39 bits per heavy atom. The Bertz CT molecular complexity index is 987. The normalized spacial score (nSPS) is 16.2. The Labute approximate surface area is 143 Å². The highest BCUT2D eigenvalue weighted by Crippen LogP contribution is 2.28. The lowest BCUT2D eigenvalue weighted by Crippen LogP contribution is -2.13. The number of rotatable bonds is 2. The maximum absolute atomic E-state index is 12.1. The fourth-order valence-electron chi connectivity index (χ4n) is 2.59. The third-order valence-corrected chi connectivity index (χ3v) is 4.81. The summed E-state index contributed by atoms with van der Waals surface area (Å²) in [6.45, 7) is 0. The highest BCUT2D eigenvalue weighted by molar-refractivity contribution is 9.10. The topological polar surface area (TPSA) is 72.2 Å². The van der Waals surface area contributed by atoms with Gasteiger partial charge >= 0.3 is 0 Å². The third kappa shape index (κ3) is 2.40. The van der Waals surface area contributed by atoms with Gasteiger partial charge in [0.1, 0.15) is 5.71 Å². The summed E-state index contributed by atoms with van der Waals surface area (Å²) in [5.41, 5.74) is 5.66. The number of nitrogens with zero attached hydrogens (tertiary/aromatic N) is 4. The summed E-state index contributed by atoms with van der Waals surface area (Å²) in [4.78, 5) is 12.9. The Balaban J connectivity index is 1.88. The van der Waals surface area contributed by atoms with E-state index in [0.717, 1.165) is 25.8 Å². The molecule has 0 saturated heterocycles. The number of halogens is 1. The number of carbonyl (C=O) groups is 1. The van der Waals surface area contributed by atoms with E-state index in [0.29, 0.717) is 11.3 Å². The van der Waals surface area contributed by atoms with Crippen molar-refractivity contribution in [1.82, 2.24) is 19.6 Å². The molecule has 8 heteroatoms. The van der Waals surface area contributed by atoms with Crippen molar-refractivity contribution in [3.63, 3.8) is 0 Å². The quantitative estimate of drug-likeness (QED) is 0.687. The van der Waals surface area contributed by atoms with Crippen molar-refractivity contribution in [1.29, 1.82) is 0 Å². The molecule has 1 N–H and O–H groups in total. The van der Waals surface area contributed by atoms with Crippen LogP contribution in [0.25, 0.3) is 17.0 Å². The van der Waals surface area contributed by atoms with Crippen molar-refractivity contribution >= 4 is 56.1 Å². The molecule has 114 valence electrons. The SMILES string of the molecule is Cn1cc(/C=C2\C(=O)NN=C2c2cnns2)c2cc(Br)ccc21. The van der Waals surface area contributed by atoms with Gasteiger partial charge in [-0.25, -0.2) is 5.43 Å². The molecule has 6 nitrogen and oxygen atoms in total. The lowest BCUT2D eigenvalue weighted by Gasteiger charge is -1.98. The molecule has 0 saturated carbocycles. The number of hydrogen-bond donors (Lipinski definition) is 1. The molecule has 3 aromatic rings. The predicted molar refractivity (Wildman–Crippen MR) is 93.2 cm³/mol. The van der Waals surface area contributed by atoms with Gasteiger partial charge in [0.2, 0.25) is 0 Å². The zero-order chi connectivity index (χ0) is 16.0. The molecule has 0 bridgehead atoms. The van der Waals surface area contributed by atoms with Gasteiger partial charge in [0.15, 0.2) is 0 Å². The lowest BCUT2D eigenvalue weighted by molar-refractivity contribution is -0.116. The molecule has 4 rings (SSSR count). The van der Waals surface area contributed by atoms with Crippen LogP contribution in [0.5, 0.6) is 0 Å². The number of aromatic nitrogens is 3. The number of fused-ring (bicyclic) bond motifs is 1. The van der Waals surface area contributed by atoms with Crippen LogP contribution in [-0.2, 0) is 11.8 Å². The Morgan fingerprint density at radius 3 is 3.04 bits per heavy atom. The van der Waals surface area contributed by atoms with E-state index in [2.05, 4.69) is 36.0 Å². The maximum Gasteiger partial charge on any atom is 0.273 e. The summed E-state index contributed by atoms with van der Waals surface area (Å²) in [5, 5.41) is 8.98. The van der Waals surface area contributed by atoms with Crippen LogP contribution in [0.3, 0.4) is 0 Å². The molecule has 1 aliphatic heterocycles. The Morgan fingerprint density at radius 2 is 2.26 bits per heavy atom. The van der Waals surface area contributed by atoms with E-state index in [4.69, 9.17) is 0 Å². The number of aryl methyl sites for hydroxylation is 1. The van der Waals surface area contributed by atoms with Gasteiger partial charge in [-0.05, 0) is 35.8 Å². The zero-order valence-corrected chi connectivity index (χ0v) is 14.3. The Kier molecular flexibility index (Phi) is 3.35. The van der Waals surface area contributed by atoms with Crippen LogP contribution in [0.2, 0.25) is 0 Å². The number of carbonyl (C=O) groups excluding carboxylic acids is 1. The standard InChI is InChI=1S/C15H10BrN5OS/c1-21-7-8(10-5-9(16)2-3-12(10)21)4-11-14(18-19-15(11)22)13-6-17-20-23-13/h2-7H,1H3,(H,19,22)/b11-4-. The number of hydrazone groups is 1. The van der Waals surface area contributed by atoms with Crippen molar-refractivity contribution in [2.24, 2.45) is 12.1 Å². The average Bonchev–Trinajstić information content (AvgIpc) is 3.22. The van der Waals surface area contributed by atoms with E-state index >= 15 is 0 Å². The molecule has 0 aliphatic carbocycles. The second kappa shape index (κ2) is 5.39. The first-order valence-electron chi connectivity index (χ1n) is 6.76. The van der Waals surface area contributed by atoms with Gasteiger partial charge in [-0.15, -0.1) is 5.10 Å². The van der Waals surface area contributed by atoms with Crippen molar-refractivity contribution < 1.29 is 4.79 Å². The van der Waals surface area contributed by atoms with Gasteiger partial charge in [0.25, 0.3) is 5.91 Å². The van der Waals surface area contributed by atoms with Gasteiger partial charge < -0.3 is 4.57 Å². The molecule has 23 heavy (non-hydrogen) atoms. The maximum atomic E-state index is 12.1. The van der Waals surface area contributed by atoms with Crippen LogP contribution in [0.15, 0.2) is 45.7 Å². The van der Waals surface area contributed by atoms with Crippen LogP contribution in [0.1, 0.15) is 10.4 Å². The highest BCUT2D eigenvalue weighted by atomic mass is 79.9. The van der Waals surface area contributed by atoms with Crippen LogP contribution in [0.4, 0.5) is 0 Å². The van der Waals surface area contributed by atoms with Crippen molar-refractivity contribution in [3.05, 3.63) is 51.1 Å². The Hall–Kier alpha value is -2.32. The van der Waals surface area contributed by atoms with Gasteiger partial charge in [-0.3, -0.25) is 4.79 Å². The smallest absolute Gasteiger partial charge is 0.273 e. The fourth-order valence-corrected chi connectivity index (χ4v) is 3.47. The number of hydrogen-bond acceptors (Lipinski definition) is 5. The van der Waals surface area contributed by atoms with E-state index < -0.39 is 0 Å².